The normalized spacial score (nSPS) is 10.9. The maximum Gasteiger partial charge on any atom is 0.141 e. The molecule has 0 bridgehead atoms. The minimum Gasteiger partial charge on any atom is -0.374 e. The van der Waals surface area contributed by atoms with Gasteiger partial charge in [-0.05, 0) is 17.7 Å². The zero-order valence-corrected chi connectivity index (χ0v) is 8.43. The van der Waals surface area contributed by atoms with E-state index in [1.807, 2.05) is 0 Å². The Morgan fingerprint density at radius 3 is 2.79 bits per heavy atom. The first kappa shape index (κ1) is 11.0. The summed E-state index contributed by atoms with van der Waals surface area (Å²) in [7, 11) is 1.72. The van der Waals surface area contributed by atoms with E-state index in [4.69, 9.17) is 11.6 Å². The summed E-state index contributed by atoms with van der Waals surface area (Å²) in [4.78, 5) is 1.63. The number of rotatable bonds is 3. The van der Waals surface area contributed by atoms with Crippen LogP contribution in [0, 0.1) is 5.82 Å². The van der Waals surface area contributed by atoms with Crippen LogP contribution in [0.25, 0.3) is 0 Å². The van der Waals surface area contributed by atoms with Crippen LogP contribution in [0.15, 0.2) is 30.7 Å². The molecular formula is C10H10ClF2N. The molecule has 0 spiro atoms. The Bertz CT molecular complexity index is 339. The number of nitrogens with zero attached hydrogens (tertiary/aromatic N) is 1. The molecule has 0 aliphatic carbocycles. The van der Waals surface area contributed by atoms with Crippen LogP contribution >= 0.6 is 11.6 Å². The Balaban J connectivity index is 2.73. The minimum absolute atomic E-state index is 0.0835. The van der Waals surface area contributed by atoms with Crippen LogP contribution < -0.4 is 0 Å². The Morgan fingerprint density at radius 2 is 2.21 bits per heavy atom. The molecule has 0 saturated heterocycles. The second kappa shape index (κ2) is 4.96. The van der Waals surface area contributed by atoms with Gasteiger partial charge in [0.15, 0.2) is 0 Å². The Hall–Kier alpha value is -1.09. The van der Waals surface area contributed by atoms with Gasteiger partial charge in [-0.25, -0.2) is 8.78 Å². The van der Waals surface area contributed by atoms with Crippen LogP contribution in [-0.4, -0.2) is 11.9 Å². The van der Waals surface area contributed by atoms with Crippen LogP contribution in [0.2, 0.25) is 5.02 Å². The highest BCUT2D eigenvalue weighted by atomic mass is 35.5. The summed E-state index contributed by atoms with van der Waals surface area (Å²) in [6.45, 7) is 0.487. The van der Waals surface area contributed by atoms with Gasteiger partial charge in [0.2, 0.25) is 0 Å². The van der Waals surface area contributed by atoms with Gasteiger partial charge in [0.1, 0.15) is 12.1 Å². The van der Waals surface area contributed by atoms with E-state index in [2.05, 4.69) is 0 Å². The summed E-state index contributed by atoms with van der Waals surface area (Å²) in [5.41, 5.74) is 0.831. The molecule has 0 N–H and O–H groups in total. The first-order valence-corrected chi connectivity index (χ1v) is 4.42. The second-order valence-electron chi connectivity index (χ2n) is 2.94. The maximum absolute atomic E-state index is 12.8. The van der Waals surface area contributed by atoms with E-state index in [1.165, 1.54) is 18.3 Å². The fraction of sp³-hybridized carbons (Fsp3) is 0.200. The zero-order valence-electron chi connectivity index (χ0n) is 7.67. The Labute approximate surface area is 86.6 Å². The summed E-state index contributed by atoms with van der Waals surface area (Å²) < 4.78 is 24.5. The Morgan fingerprint density at radius 1 is 1.50 bits per heavy atom. The average molecular weight is 218 g/mol. The van der Waals surface area contributed by atoms with Crippen LogP contribution in [0.5, 0.6) is 0 Å². The maximum atomic E-state index is 12.8. The molecule has 0 aromatic heterocycles. The van der Waals surface area contributed by atoms with E-state index in [-0.39, 0.29) is 5.02 Å². The number of halogens is 3. The third-order valence-electron chi connectivity index (χ3n) is 1.73. The van der Waals surface area contributed by atoms with Gasteiger partial charge in [0.05, 0.1) is 5.02 Å². The molecule has 0 saturated carbocycles. The summed E-state index contributed by atoms with van der Waals surface area (Å²) in [5.74, 6) is -0.445. The second-order valence-corrected chi connectivity index (χ2v) is 3.35. The van der Waals surface area contributed by atoms with Gasteiger partial charge in [-0.15, -0.1) is 0 Å². The molecule has 1 aromatic carbocycles. The van der Waals surface area contributed by atoms with Crippen LogP contribution in [0.3, 0.4) is 0 Å². The van der Waals surface area contributed by atoms with E-state index < -0.39 is 5.82 Å². The third kappa shape index (κ3) is 3.00. The summed E-state index contributed by atoms with van der Waals surface area (Å²) in [6.07, 6.45) is 1.74. The van der Waals surface area contributed by atoms with Crippen molar-refractivity contribution in [2.45, 2.75) is 6.54 Å². The molecule has 1 nitrogen and oxygen atoms in total. The number of hydrogen-bond donors (Lipinski definition) is 0. The lowest BCUT2D eigenvalue weighted by molar-refractivity contribution is 0.441. The zero-order chi connectivity index (χ0) is 10.6. The minimum atomic E-state index is -0.445. The first-order valence-electron chi connectivity index (χ1n) is 4.04. The van der Waals surface area contributed by atoms with Gasteiger partial charge < -0.3 is 4.90 Å². The van der Waals surface area contributed by atoms with Gasteiger partial charge in [-0.2, -0.15) is 0 Å². The molecule has 76 valence electrons. The fourth-order valence-corrected chi connectivity index (χ4v) is 1.28. The van der Waals surface area contributed by atoms with Crippen LogP contribution in [-0.2, 0) is 6.54 Å². The Kier molecular flexibility index (Phi) is 3.89. The molecular weight excluding hydrogens is 208 g/mol. The molecule has 0 fully saturated rings. The van der Waals surface area contributed by atoms with Crippen molar-refractivity contribution in [1.82, 2.24) is 4.90 Å². The summed E-state index contributed by atoms with van der Waals surface area (Å²) >= 11 is 5.59. The SMILES string of the molecule is CN(/C=C/F)Cc1ccc(F)c(Cl)c1. The van der Waals surface area contributed by atoms with Gasteiger partial charge in [0.25, 0.3) is 0 Å². The van der Waals surface area contributed by atoms with Crippen molar-refractivity contribution in [2.24, 2.45) is 0 Å². The molecule has 0 amide bonds. The molecule has 0 unspecified atom stereocenters. The smallest absolute Gasteiger partial charge is 0.141 e. The van der Waals surface area contributed by atoms with Gasteiger partial charge in [0, 0.05) is 19.8 Å². The van der Waals surface area contributed by atoms with E-state index in [1.54, 1.807) is 18.0 Å². The van der Waals surface area contributed by atoms with Crippen molar-refractivity contribution in [3.63, 3.8) is 0 Å². The van der Waals surface area contributed by atoms with E-state index in [0.717, 1.165) is 5.56 Å². The van der Waals surface area contributed by atoms with E-state index in [9.17, 15) is 8.78 Å². The summed E-state index contributed by atoms with van der Waals surface area (Å²) in [6, 6.07) is 4.44. The molecule has 14 heavy (non-hydrogen) atoms. The van der Waals surface area contributed by atoms with Crippen LogP contribution in [0.4, 0.5) is 8.78 Å². The number of benzene rings is 1. The van der Waals surface area contributed by atoms with Crippen molar-refractivity contribution in [3.05, 3.63) is 47.1 Å². The highest BCUT2D eigenvalue weighted by molar-refractivity contribution is 6.30. The highest BCUT2D eigenvalue weighted by Crippen LogP contribution is 2.16. The first-order chi connectivity index (χ1) is 6.63. The van der Waals surface area contributed by atoms with E-state index in [0.29, 0.717) is 12.9 Å². The van der Waals surface area contributed by atoms with Crippen molar-refractivity contribution in [2.75, 3.05) is 7.05 Å². The highest BCUT2D eigenvalue weighted by Gasteiger charge is 2.01. The molecule has 0 aliphatic heterocycles. The quantitative estimate of drug-likeness (QED) is 0.751. The number of hydrogen-bond acceptors (Lipinski definition) is 1. The molecule has 0 atom stereocenters. The average Bonchev–Trinajstić information content (AvgIpc) is 2.12. The standard InChI is InChI=1S/C10H10ClF2N/c1-14(5-4-12)7-8-2-3-10(13)9(11)6-8/h2-6H,7H2,1H3/b5-4+. The molecule has 1 rings (SSSR count). The molecule has 0 heterocycles. The predicted molar refractivity (Wildman–Crippen MR) is 53.1 cm³/mol. The lowest BCUT2D eigenvalue weighted by Crippen LogP contribution is -2.09. The molecule has 0 aliphatic rings. The predicted octanol–water partition coefficient (Wildman–Crippen LogP) is 3.35. The lowest BCUT2D eigenvalue weighted by Gasteiger charge is -2.13. The molecule has 4 heteroatoms. The van der Waals surface area contributed by atoms with Crippen molar-refractivity contribution >= 4 is 11.6 Å². The lowest BCUT2D eigenvalue weighted by atomic mass is 10.2. The van der Waals surface area contributed by atoms with Gasteiger partial charge in [-0.1, -0.05) is 17.7 Å². The third-order valence-corrected chi connectivity index (χ3v) is 2.02. The summed E-state index contributed by atoms with van der Waals surface area (Å²) in [5, 5.41) is 0.0835. The van der Waals surface area contributed by atoms with Crippen LogP contribution in [0.1, 0.15) is 5.56 Å². The van der Waals surface area contributed by atoms with Gasteiger partial charge >= 0.3 is 0 Å². The van der Waals surface area contributed by atoms with Crippen molar-refractivity contribution < 1.29 is 8.78 Å². The van der Waals surface area contributed by atoms with Crippen molar-refractivity contribution in [3.8, 4) is 0 Å². The monoisotopic (exact) mass is 217 g/mol. The topological polar surface area (TPSA) is 3.24 Å². The molecule has 1 aromatic rings. The van der Waals surface area contributed by atoms with E-state index >= 15 is 0 Å². The fourth-order valence-electron chi connectivity index (χ4n) is 1.07. The van der Waals surface area contributed by atoms with Crippen molar-refractivity contribution in [1.29, 1.82) is 0 Å². The molecule has 0 radical (unpaired) electrons. The largest absolute Gasteiger partial charge is 0.374 e. The van der Waals surface area contributed by atoms with Gasteiger partial charge in [-0.3, -0.25) is 0 Å².